The highest BCUT2D eigenvalue weighted by Crippen LogP contribution is 2.34. The van der Waals surface area contributed by atoms with Crippen LogP contribution in [0.3, 0.4) is 0 Å². The lowest BCUT2D eigenvalue weighted by Gasteiger charge is -2.06. The average Bonchev–Trinajstić information content (AvgIpc) is 3.21. The van der Waals surface area contributed by atoms with E-state index in [1.165, 1.54) is 0 Å². The van der Waals surface area contributed by atoms with E-state index in [4.69, 9.17) is 20.2 Å². The first-order chi connectivity index (χ1) is 15.2. The second-order valence-corrected chi connectivity index (χ2v) is 6.99. The molecule has 0 amide bonds. The van der Waals surface area contributed by atoms with E-state index in [-0.39, 0.29) is 0 Å². The van der Waals surface area contributed by atoms with E-state index in [9.17, 15) is 0 Å². The molecule has 0 aliphatic rings. The molecule has 31 heavy (non-hydrogen) atoms. The Morgan fingerprint density at radius 2 is 1.55 bits per heavy atom. The Morgan fingerprint density at radius 1 is 0.806 bits per heavy atom. The van der Waals surface area contributed by atoms with Gasteiger partial charge in [-0.05, 0) is 48.5 Å². The summed E-state index contributed by atoms with van der Waals surface area (Å²) in [6.07, 6.45) is 3.54. The predicted octanol–water partition coefficient (Wildman–Crippen LogP) is 5.45. The highest BCUT2D eigenvalue weighted by molar-refractivity contribution is 5.88. The molecule has 2 aromatic heterocycles. The van der Waals surface area contributed by atoms with Gasteiger partial charge in [-0.2, -0.15) is 0 Å². The minimum absolute atomic E-state index is 0.420. The Balaban J connectivity index is 1.58. The number of aromatic nitrogens is 3. The number of hydrogen-bond acceptors (Lipinski definition) is 5. The standard InChI is InChI=1S/C25H20N4O2/c1-30-21-9-5-6-18(16-21)25-28-22(23-24(26)27-14-15-29(23)25)17-10-12-20(13-11-17)31-19-7-3-2-4-8-19/h2-16H,1H3,(H2,26,27). The lowest BCUT2D eigenvalue weighted by atomic mass is 10.1. The second kappa shape index (κ2) is 7.84. The SMILES string of the molecule is COc1cccc(-c2nc(-c3ccc(Oc4ccccc4)cc3)c3c(N)nccn23)c1. The summed E-state index contributed by atoms with van der Waals surface area (Å²) >= 11 is 0. The smallest absolute Gasteiger partial charge is 0.150 e. The molecule has 0 aliphatic carbocycles. The Kier molecular flexibility index (Phi) is 4.72. The Labute approximate surface area is 179 Å². The number of anilines is 1. The number of fused-ring (bicyclic) bond motifs is 1. The number of nitrogens with two attached hydrogens (primary N) is 1. The van der Waals surface area contributed by atoms with Gasteiger partial charge in [-0.15, -0.1) is 0 Å². The Morgan fingerprint density at radius 3 is 2.32 bits per heavy atom. The van der Waals surface area contributed by atoms with Gasteiger partial charge >= 0.3 is 0 Å². The molecule has 152 valence electrons. The number of hydrogen-bond donors (Lipinski definition) is 1. The van der Waals surface area contributed by atoms with Crippen molar-refractivity contribution >= 4 is 11.3 Å². The molecular formula is C25H20N4O2. The van der Waals surface area contributed by atoms with Crippen molar-refractivity contribution in [3.63, 3.8) is 0 Å². The summed E-state index contributed by atoms with van der Waals surface area (Å²) in [5, 5.41) is 0. The fourth-order valence-electron chi connectivity index (χ4n) is 3.54. The summed E-state index contributed by atoms with van der Waals surface area (Å²) in [7, 11) is 1.65. The molecule has 0 fully saturated rings. The molecule has 0 radical (unpaired) electrons. The zero-order valence-electron chi connectivity index (χ0n) is 16.9. The van der Waals surface area contributed by atoms with Gasteiger partial charge < -0.3 is 15.2 Å². The predicted molar refractivity (Wildman–Crippen MR) is 121 cm³/mol. The Hall–Kier alpha value is -4.32. The maximum atomic E-state index is 6.25. The molecule has 0 unspecified atom stereocenters. The fourth-order valence-corrected chi connectivity index (χ4v) is 3.54. The van der Waals surface area contributed by atoms with Crippen LogP contribution in [-0.2, 0) is 0 Å². The Bertz CT molecular complexity index is 1350. The molecule has 0 atom stereocenters. The largest absolute Gasteiger partial charge is 0.497 e. The van der Waals surface area contributed by atoms with Crippen molar-refractivity contribution in [3.05, 3.63) is 91.3 Å². The molecule has 0 aliphatic heterocycles. The molecule has 0 saturated heterocycles. The maximum absolute atomic E-state index is 6.25. The summed E-state index contributed by atoms with van der Waals surface area (Å²) in [5.74, 6) is 3.49. The van der Waals surface area contributed by atoms with Gasteiger partial charge in [0, 0.05) is 23.5 Å². The highest BCUT2D eigenvalue weighted by Gasteiger charge is 2.17. The van der Waals surface area contributed by atoms with E-state index in [1.807, 2.05) is 89.5 Å². The molecule has 0 saturated carbocycles. The first-order valence-corrected chi connectivity index (χ1v) is 9.83. The van der Waals surface area contributed by atoms with Crippen LogP contribution in [0.15, 0.2) is 91.3 Å². The van der Waals surface area contributed by atoms with E-state index >= 15 is 0 Å². The molecule has 3 aromatic carbocycles. The molecule has 2 N–H and O–H groups in total. The van der Waals surface area contributed by atoms with Gasteiger partial charge in [0.2, 0.25) is 0 Å². The van der Waals surface area contributed by atoms with E-state index in [0.717, 1.165) is 45.4 Å². The van der Waals surface area contributed by atoms with Gasteiger partial charge in [-0.1, -0.05) is 30.3 Å². The van der Waals surface area contributed by atoms with Crippen molar-refractivity contribution in [2.75, 3.05) is 12.8 Å². The van der Waals surface area contributed by atoms with Crippen molar-refractivity contribution in [1.29, 1.82) is 0 Å². The highest BCUT2D eigenvalue weighted by atomic mass is 16.5. The van der Waals surface area contributed by atoms with Crippen LogP contribution in [-0.4, -0.2) is 21.5 Å². The number of rotatable bonds is 5. The maximum Gasteiger partial charge on any atom is 0.150 e. The van der Waals surface area contributed by atoms with Gasteiger partial charge in [0.25, 0.3) is 0 Å². The summed E-state index contributed by atoms with van der Waals surface area (Å²) in [6, 6.07) is 25.3. The van der Waals surface area contributed by atoms with E-state index in [1.54, 1.807) is 13.3 Å². The first-order valence-electron chi connectivity index (χ1n) is 9.83. The van der Waals surface area contributed by atoms with Crippen molar-refractivity contribution in [2.45, 2.75) is 0 Å². The zero-order chi connectivity index (χ0) is 21.2. The second-order valence-electron chi connectivity index (χ2n) is 6.99. The van der Waals surface area contributed by atoms with Crippen molar-refractivity contribution in [1.82, 2.24) is 14.4 Å². The average molecular weight is 408 g/mol. The minimum Gasteiger partial charge on any atom is -0.497 e. The summed E-state index contributed by atoms with van der Waals surface area (Å²) in [4.78, 5) is 9.20. The first kappa shape index (κ1) is 18.7. The third-order valence-electron chi connectivity index (χ3n) is 5.02. The normalized spacial score (nSPS) is 10.9. The molecule has 0 spiro atoms. The van der Waals surface area contributed by atoms with Crippen LogP contribution in [0.25, 0.3) is 28.2 Å². The number of imidazole rings is 1. The van der Waals surface area contributed by atoms with Crippen LogP contribution < -0.4 is 15.2 Å². The van der Waals surface area contributed by atoms with Gasteiger partial charge in [0.1, 0.15) is 40.1 Å². The minimum atomic E-state index is 0.420. The van der Waals surface area contributed by atoms with Crippen molar-refractivity contribution in [3.8, 4) is 39.9 Å². The molecular weight excluding hydrogens is 388 g/mol. The fraction of sp³-hybridized carbons (Fsp3) is 0.0400. The molecule has 5 rings (SSSR count). The van der Waals surface area contributed by atoms with Crippen LogP contribution in [0.5, 0.6) is 17.2 Å². The number of nitrogen functional groups attached to an aromatic ring is 1. The van der Waals surface area contributed by atoms with Crippen LogP contribution in [0.4, 0.5) is 5.82 Å². The molecule has 0 bridgehead atoms. The van der Waals surface area contributed by atoms with E-state index in [0.29, 0.717) is 5.82 Å². The monoisotopic (exact) mass is 408 g/mol. The van der Waals surface area contributed by atoms with Gasteiger partial charge in [-0.3, -0.25) is 4.40 Å². The molecule has 5 aromatic rings. The number of benzene rings is 3. The number of methoxy groups -OCH3 is 1. The van der Waals surface area contributed by atoms with Crippen molar-refractivity contribution in [2.24, 2.45) is 0 Å². The van der Waals surface area contributed by atoms with Crippen LogP contribution in [0.1, 0.15) is 0 Å². The molecule has 6 heteroatoms. The number of nitrogens with zero attached hydrogens (tertiary/aromatic N) is 3. The van der Waals surface area contributed by atoms with E-state index < -0.39 is 0 Å². The summed E-state index contributed by atoms with van der Waals surface area (Å²) < 4.78 is 13.2. The van der Waals surface area contributed by atoms with Crippen LogP contribution in [0, 0.1) is 0 Å². The third kappa shape index (κ3) is 3.55. The number of para-hydroxylation sites is 1. The summed E-state index contributed by atoms with van der Waals surface area (Å²) in [5.41, 5.74) is 9.62. The van der Waals surface area contributed by atoms with Gasteiger partial charge in [0.05, 0.1) is 7.11 Å². The van der Waals surface area contributed by atoms with Crippen LogP contribution >= 0.6 is 0 Å². The lowest BCUT2D eigenvalue weighted by molar-refractivity contribution is 0.415. The summed E-state index contributed by atoms with van der Waals surface area (Å²) in [6.45, 7) is 0. The third-order valence-corrected chi connectivity index (χ3v) is 5.02. The van der Waals surface area contributed by atoms with Crippen molar-refractivity contribution < 1.29 is 9.47 Å². The van der Waals surface area contributed by atoms with Gasteiger partial charge in [-0.25, -0.2) is 9.97 Å². The van der Waals surface area contributed by atoms with Crippen LogP contribution in [0.2, 0.25) is 0 Å². The number of ether oxygens (including phenoxy) is 2. The molecule has 6 nitrogen and oxygen atoms in total. The molecule has 2 heterocycles. The van der Waals surface area contributed by atoms with Gasteiger partial charge in [0.15, 0.2) is 0 Å². The zero-order valence-corrected chi connectivity index (χ0v) is 16.9. The topological polar surface area (TPSA) is 74.7 Å². The lowest BCUT2D eigenvalue weighted by Crippen LogP contribution is -1.96. The van der Waals surface area contributed by atoms with E-state index in [2.05, 4.69) is 4.98 Å². The quantitative estimate of drug-likeness (QED) is 0.419.